The van der Waals surface area contributed by atoms with E-state index in [1.54, 1.807) is 0 Å². The monoisotopic (exact) mass is 285 g/mol. The second kappa shape index (κ2) is 5.07. The molecule has 0 unspecified atom stereocenters. The maximum absolute atomic E-state index is 11.0. The number of nitrogens with zero attached hydrogens (tertiary/aromatic N) is 2. The van der Waals surface area contributed by atoms with E-state index in [4.69, 9.17) is 10.7 Å². The Labute approximate surface area is 110 Å². The molecule has 0 aliphatic carbocycles. The number of H-pyrrole nitrogens is 1. The summed E-state index contributed by atoms with van der Waals surface area (Å²) in [7, 11) is 1.28. The first-order valence-electron chi connectivity index (χ1n) is 5.36. The van der Waals surface area contributed by atoms with Gasteiger partial charge in [-0.3, -0.25) is 5.10 Å². The van der Waals surface area contributed by atoms with Gasteiger partial charge in [-0.05, 0) is 18.9 Å². The highest BCUT2D eigenvalue weighted by molar-refractivity contribution is 8.13. The number of nitrogens with one attached hydrogen (secondary N) is 1. The Balaban J connectivity index is 2.05. The molecular formula is C11H12ClN3O2S. The maximum Gasteiger partial charge on any atom is 0.298 e. The fourth-order valence-electron chi connectivity index (χ4n) is 1.63. The number of aryl methyl sites for hydroxylation is 3. The first kappa shape index (κ1) is 13.0. The van der Waals surface area contributed by atoms with E-state index in [-0.39, 0.29) is 5.16 Å². The topological polar surface area (TPSA) is 75.7 Å². The van der Waals surface area contributed by atoms with Gasteiger partial charge in [0.1, 0.15) is 5.82 Å². The average molecular weight is 286 g/mol. The summed E-state index contributed by atoms with van der Waals surface area (Å²) in [4.78, 5) is 3.83. The van der Waals surface area contributed by atoms with Gasteiger partial charge in [0.15, 0.2) is 0 Å². The number of rotatable bonds is 4. The van der Waals surface area contributed by atoms with Gasteiger partial charge in [0, 0.05) is 17.1 Å². The first-order chi connectivity index (χ1) is 8.45. The molecule has 2 rings (SSSR count). The van der Waals surface area contributed by atoms with Crippen LogP contribution in [0.5, 0.6) is 0 Å². The third kappa shape index (κ3) is 3.30. The fourth-order valence-corrected chi connectivity index (χ4v) is 2.21. The minimum atomic E-state index is -3.85. The van der Waals surface area contributed by atoms with Crippen LogP contribution in [0, 0.1) is 6.92 Å². The summed E-state index contributed by atoms with van der Waals surface area (Å²) in [6, 6.07) is 8.11. The van der Waals surface area contributed by atoms with Crippen LogP contribution >= 0.6 is 10.7 Å². The molecule has 1 N–H and O–H groups in total. The maximum atomic E-state index is 11.0. The van der Waals surface area contributed by atoms with Crippen LogP contribution in [0.25, 0.3) is 0 Å². The van der Waals surface area contributed by atoms with Crippen molar-refractivity contribution in [3.8, 4) is 0 Å². The number of benzene rings is 1. The van der Waals surface area contributed by atoms with Crippen molar-refractivity contribution in [2.45, 2.75) is 24.9 Å². The second-order valence-electron chi connectivity index (χ2n) is 3.99. The van der Waals surface area contributed by atoms with E-state index in [9.17, 15) is 8.42 Å². The third-order valence-electron chi connectivity index (χ3n) is 2.46. The van der Waals surface area contributed by atoms with Gasteiger partial charge in [-0.25, -0.2) is 13.4 Å². The lowest BCUT2D eigenvalue weighted by molar-refractivity contribution is 0.601. The van der Waals surface area contributed by atoms with Crippen LogP contribution in [0.2, 0.25) is 0 Å². The predicted molar refractivity (Wildman–Crippen MR) is 68.0 cm³/mol. The predicted octanol–water partition coefficient (Wildman–Crippen LogP) is 1.83. The molecule has 1 aromatic heterocycles. The molecule has 96 valence electrons. The van der Waals surface area contributed by atoms with Crippen molar-refractivity contribution in [2.75, 3.05) is 0 Å². The molecule has 1 aromatic carbocycles. The Morgan fingerprint density at radius 2 is 2.11 bits per heavy atom. The molecule has 0 saturated carbocycles. The zero-order valence-electron chi connectivity index (χ0n) is 9.72. The van der Waals surface area contributed by atoms with Gasteiger partial charge >= 0.3 is 0 Å². The Morgan fingerprint density at radius 3 is 2.72 bits per heavy atom. The van der Waals surface area contributed by atoms with Crippen LogP contribution in [0.4, 0.5) is 0 Å². The normalized spacial score (nSPS) is 11.7. The summed E-state index contributed by atoms with van der Waals surface area (Å²) in [5.41, 5.74) is 2.36. The van der Waals surface area contributed by atoms with Crippen molar-refractivity contribution < 1.29 is 8.42 Å². The molecule has 0 fully saturated rings. The highest BCUT2D eigenvalue weighted by Crippen LogP contribution is 2.11. The summed E-state index contributed by atoms with van der Waals surface area (Å²) in [5.74, 6) is 0.510. The zero-order chi connectivity index (χ0) is 13.2. The van der Waals surface area contributed by atoms with Crippen LogP contribution in [0.3, 0.4) is 0 Å². The van der Waals surface area contributed by atoms with Crippen LogP contribution < -0.4 is 0 Å². The molecule has 0 aliphatic heterocycles. The number of aromatic nitrogens is 3. The molecule has 5 nitrogen and oxygen atoms in total. The molecule has 1 heterocycles. The van der Waals surface area contributed by atoms with E-state index in [1.165, 1.54) is 11.1 Å². The van der Waals surface area contributed by atoms with E-state index in [1.807, 2.05) is 25.1 Å². The van der Waals surface area contributed by atoms with Gasteiger partial charge in [-0.1, -0.05) is 29.8 Å². The van der Waals surface area contributed by atoms with Crippen LogP contribution in [-0.2, 0) is 21.9 Å². The Hall–Kier alpha value is -1.40. The minimum absolute atomic E-state index is 0.372. The van der Waals surface area contributed by atoms with Gasteiger partial charge < -0.3 is 0 Å². The second-order valence-corrected chi connectivity index (χ2v) is 6.45. The van der Waals surface area contributed by atoms with Gasteiger partial charge in [-0.15, -0.1) is 5.10 Å². The van der Waals surface area contributed by atoms with Crippen LogP contribution in [0.15, 0.2) is 29.4 Å². The van der Waals surface area contributed by atoms with Crippen molar-refractivity contribution in [3.05, 3.63) is 41.2 Å². The number of aromatic amines is 1. The summed E-state index contributed by atoms with van der Waals surface area (Å²) >= 11 is 0. The lowest BCUT2D eigenvalue weighted by Crippen LogP contribution is -1.95. The average Bonchev–Trinajstić information content (AvgIpc) is 2.74. The van der Waals surface area contributed by atoms with Crippen molar-refractivity contribution in [2.24, 2.45) is 0 Å². The molecule has 18 heavy (non-hydrogen) atoms. The van der Waals surface area contributed by atoms with Crippen molar-refractivity contribution >= 4 is 19.7 Å². The summed E-state index contributed by atoms with van der Waals surface area (Å²) in [5, 5.41) is 5.76. The first-order valence-corrected chi connectivity index (χ1v) is 7.67. The van der Waals surface area contributed by atoms with E-state index >= 15 is 0 Å². The number of halogens is 1. The Kier molecular flexibility index (Phi) is 3.68. The van der Waals surface area contributed by atoms with Crippen molar-refractivity contribution in [1.29, 1.82) is 0 Å². The molecule has 7 heteroatoms. The summed E-state index contributed by atoms with van der Waals surface area (Å²) in [6.07, 6.45) is 1.35. The SMILES string of the molecule is Cc1cccc(CCc2nc(S(=O)(=O)Cl)n[nH]2)c1. The van der Waals surface area contributed by atoms with Crippen LogP contribution in [0.1, 0.15) is 17.0 Å². The molecule has 0 saturated heterocycles. The molecular weight excluding hydrogens is 274 g/mol. The van der Waals surface area contributed by atoms with E-state index < -0.39 is 9.05 Å². The number of hydrogen-bond acceptors (Lipinski definition) is 4. The fraction of sp³-hybridized carbons (Fsp3) is 0.273. The Bertz CT molecular complexity index is 652. The zero-order valence-corrected chi connectivity index (χ0v) is 11.3. The highest BCUT2D eigenvalue weighted by atomic mass is 35.7. The van der Waals surface area contributed by atoms with Crippen LogP contribution in [-0.4, -0.2) is 23.6 Å². The lowest BCUT2D eigenvalue weighted by atomic mass is 10.1. The standard InChI is InChI=1S/C11H12ClN3O2S/c1-8-3-2-4-9(7-8)5-6-10-13-11(15-14-10)18(12,16)17/h2-4,7H,5-6H2,1H3,(H,13,14,15). The van der Waals surface area contributed by atoms with Gasteiger partial charge in [-0.2, -0.15) is 0 Å². The molecule has 2 aromatic rings. The molecule has 0 bridgehead atoms. The van der Waals surface area contributed by atoms with Crippen molar-refractivity contribution in [3.63, 3.8) is 0 Å². The molecule has 0 radical (unpaired) electrons. The van der Waals surface area contributed by atoms with Gasteiger partial charge in [0.05, 0.1) is 0 Å². The van der Waals surface area contributed by atoms with E-state index in [0.29, 0.717) is 12.2 Å². The largest absolute Gasteiger partial charge is 0.298 e. The third-order valence-corrected chi connectivity index (χ3v) is 3.50. The molecule has 0 atom stereocenters. The summed E-state index contributed by atoms with van der Waals surface area (Å²) < 4.78 is 22.0. The molecule has 0 amide bonds. The molecule has 0 aliphatic rings. The summed E-state index contributed by atoms with van der Waals surface area (Å²) in [6.45, 7) is 2.02. The van der Waals surface area contributed by atoms with E-state index in [0.717, 1.165) is 6.42 Å². The quantitative estimate of drug-likeness (QED) is 0.870. The smallest absolute Gasteiger partial charge is 0.262 e. The molecule has 0 spiro atoms. The van der Waals surface area contributed by atoms with Crippen molar-refractivity contribution in [1.82, 2.24) is 15.2 Å². The highest BCUT2D eigenvalue weighted by Gasteiger charge is 2.16. The number of hydrogen-bond donors (Lipinski definition) is 1. The van der Waals surface area contributed by atoms with Gasteiger partial charge in [0.25, 0.3) is 14.2 Å². The Morgan fingerprint density at radius 1 is 1.33 bits per heavy atom. The van der Waals surface area contributed by atoms with Gasteiger partial charge in [0.2, 0.25) is 0 Å². The lowest BCUT2D eigenvalue weighted by Gasteiger charge is -2.00. The van der Waals surface area contributed by atoms with E-state index in [2.05, 4.69) is 21.2 Å². The minimum Gasteiger partial charge on any atom is -0.262 e.